The second kappa shape index (κ2) is 4.56. The summed E-state index contributed by atoms with van der Waals surface area (Å²) < 4.78 is 32.1. The molecule has 3 rings (SSSR count). The minimum absolute atomic E-state index is 0.209. The highest BCUT2D eigenvalue weighted by Gasteiger charge is 2.14. The first-order chi connectivity index (χ1) is 9.58. The van der Waals surface area contributed by atoms with Crippen LogP contribution in [0, 0.1) is 18.6 Å². The highest BCUT2D eigenvalue weighted by atomic mass is 19.1. The number of pyridine rings is 1. The van der Waals surface area contributed by atoms with Crippen molar-refractivity contribution in [3.63, 3.8) is 0 Å². The van der Waals surface area contributed by atoms with Crippen molar-refractivity contribution in [2.75, 3.05) is 7.11 Å². The molecule has 6 heteroatoms. The van der Waals surface area contributed by atoms with E-state index in [1.165, 1.54) is 13.2 Å². The quantitative estimate of drug-likeness (QED) is 0.781. The van der Waals surface area contributed by atoms with Gasteiger partial charge in [-0.3, -0.25) is 0 Å². The van der Waals surface area contributed by atoms with E-state index in [-0.39, 0.29) is 5.56 Å². The number of aryl methyl sites for hydroxylation is 1. The molecule has 20 heavy (non-hydrogen) atoms. The number of H-pyrrole nitrogens is 1. The highest BCUT2D eigenvalue weighted by molar-refractivity contribution is 5.76. The van der Waals surface area contributed by atoms with E-state index in [9.17, 15) is 8.78 Å². The third-order valence-electron chi connectivity index (χ3n) is 3.03. The van der Waals surface area contributed by atoms with Crippen LogP contribution in [0.5, 0.6) is 5.88 Å². The van der Waals surface area contributed by atoms with Crippen LogP contribution in [0.4, 0.5) is 8.78 Å². The van der Waals surface area contributed by atoms with E-state index in [1.54, 1.807) is 19.1 Å². The van der Waals surface area contributed by atoms with Gasteiger partial charge < -0.3 is 9.72 Å². The molecular weight excluding hydrogens is 264 g/mol. The van der Waals surface area contributed by atoms with Gasteiger partial charge in [-0.25, -0.2) is 13.8 Å². The Morgan fingerprint density at radius 3 is 2.65 bits per heavy atom. The Hall–Kier alpha value is -2.50. The third kappa shape index (κ3) is 1.99. The van der Waals surface area contributed by atoms with Crippen molar-refractivity contribution >= 4 is 11.2 Å². The van der Waals surface area contributed by atoms with Gasteiger partial charge in [0.25, 0.3) is 0 Å². The highest BCUT2D eigenvalue weighted by Crippen LogP contribution is 2.25. The molecule has 102 valence electrons. The standard InChI is InChI=1S/C14H11F2N3O/c1-7-5-8(10(16)6-9(7)15)13-17-11-3-4-12(20-2)18-14(11)19-13/h3-6H,1-2H3,(H,17,18,19). The van der Waals surface area contributed by atoms with Crippen LogP contribution >= 0.6 is 0 Å². The van der Waals surface area contributed by atoms with Gasteiger partial charge in [-0.1, -0.05) is 0 Å². The molecule has 3 aromatic rings. The number of hydrogen-bond donors (Lipinski definition) is 1. The Labute approximate surface area is 113 Å². The van der Waals surface area contributed by atoms with Gasteiger partial charge in [0, 0.05) is 12.1 Å². The molecule has 0 fully saturated rings. The van der Waals surface area contributed by atoms with Gasteiger partial charge in [-0.05, 0) is 24.6 Å². The molecule has 0 amide bonds. The number of aromatic amines is 1. The first-order valence-electron chi connectivity index (χ1n) is 5.95. The van der Waals surface area contributed by atoms with Gasteiger partial charge in [0.1, 0.15) is 17.5 Å². The summed E-state index contributed by atoms with van der Waals surface area (Å²) in [6.07, 6.45) is 0. The number of halogens is 2. The van der Waals surface area contributed by atoms with E-state index < -0.39 is 11.6 Å². The maximum Gasteiger partial charge on any atom is 0.215 e. The fraction of sp³-hybridized carbons (Fsp3) is 0.143. The Morgan fingerprint density at radius 2 is 1.90 bits per heavy atom. The molecule has 0 spiro atoms. The zero-order valence-electron chi connectivity index (χ0n) is 10.9. The Morgan fingerprint density at radius 1 is 1.10 bits per heavy atom. The summed E-state index contributed by atoms with van der Waals surface area (Å²) in [6, 6.07) is 5.69. The number of rotatable bonds is 2. The van der Waals surface area contributed by atoms with Crippen molar-refractivity contribution in [1.82, 2.24) is 15.0 Å². The van der Waals surface area contributed by atoms with E-state index in [1.807, 2.05) is 0 Å². The van der Waals surface area contributed by atoms with Crippen LogP contribution in [0.3, 0.4) is 0 Å². The molecule has 0 saturated carbocycles. The number of nitrogens with zero attached hydrogens (tertiary/aromatic N) is 2. The number of methoxy groups -OCH3 is 1. The second-order valence-corrected chi connectivity index (χ2v) is 4.39. The average molecular weight is 275 g/mol. The fourth-order valence-electron chi connectivity index (χ4n) is 1.96. The van der Waals surface area contributed by atoms with Gasteiger partial charge in [0.2, 0.25) is 5.88 Å². The van der Waals surface area contributed by atoms with Crippen LogP contribution in [0.1, 0.15) is 5.56 Å². The molecule has 0 unspecified atom stereocenters. The van der Waals surface area contributed by atoms with Crippen LogP contribution < -0.4 is 4.74 Å². The molecular formula is C14H11F2N3O. The number of benzene rings is 1. The Kier molecular flexibility index (Phi) is 2.85. The lowest BCUT2D eigenvalue weighted by Gasteiger charge is -2.02. The van der Waals surface area contributed by atoms with E-state index in [0.717, 1.165) is 6.07 Å². The molecule has 1 N–H and O–H groups in total. The van der Waals surface area contributed by atoms with Gasteiger partial charge in [-0.15, -0.1) is 0 Å². The average Bonchev–Trinajstić information content (AvgIpc) is 2.85. The smallest absolute Gasteiger partial charge is 0.215 e. The number of nitrogens with one attached hydrogen (secondary N) is 1. The van der Waals surface area contributed by atoms with Crippen molar-refractivity contribution in [1.29, 1.82) is 0 Å². The summed E-state index contributed by atoms with van der Waals surface area (Å²) in [5, 5.41) is 0. The van der Waals surface area contributed by atoms with Crippen LogP contribution in [0.15, 0.2) is 24.3 Å². The predicted molar refractivity (Wildman–Crippen MR) is 70.5 cm³/mol. The molecule has 4 nitrogen and oxygen atoms in total. The van der Waals surface area contributed by atoms with Crippen LogP contribution in [0.25, 0.3) is 22.6 Å². The first-order valence-corrected chi connectivity index (χ1v) is 5.95. The SMILES string of the molecule is COc1ccc2[nH]c(-c3cc(C)c(F)cc3F)nc2n1. The molecule has 0 radical (unpaired) electrons. The molecule has 2 heterocycles. The van der Waals surface area contributed by atoms with Gasteiger partial charge in [0.05, 0.1) is 18.2 Å². The van der Waals surface area contributed by atoms with Gasteiger partial charge in [0.15, 0.2) is 5.65 Å². The van der Waals surface area contributed by atoms with Crippen LogP contribution in [0.2, 0.25) is 0 Å². The zero-order valence-corrected chi connectivity index (χ0v) is 10.9. The fourth-order valence-corrected chi connectivity index (χ4v) is 1.96. The molecule has 1 aromatic carbocycles. The second-order valence-electron chi connectivity index (χ2n) is 4.39. The first kappa shape index (κ1) is 12.5. The molecule has 2 aromatic heterocycles. The number of hydrogen-bond acceptors (Lipinski definition) is 3. The summed E-state index contributed by atoms with van der Waals surface area (Å²) in [7, 11) is 1.50. The maximum absolute atomic E-state index is 13.8. The van der Waals surface area contributed by atoms with E-state index >= 15 is 0 Å². The van der Waals surface area contributed by atoms with E-state index in [0.29, 0.717) is 28.4 Å². The number of fused-ring (bicyclic) bond motifs is 1. The lowest BCUT2D eigenvalue weighted by Crippen LogP contribution is -1.91. The topological polar surface area (TPSA) is 50.8 Å². The van der Waals surface area contributed by atoms with E-state index in [4.69, 9.17) is 4.74 Å². The summed E-state index contributed by atoms with van der Waals surface area (Å²) in [6.45, 7) is 1.57. The minimum atomic E-state index is -0.667. The summed E-state index contributed by atoms with van der Waals surface area (Å²) in [5.74, 6) is -0.520. The van der Waals surface area contributed by atoms with Crippen molar-refractivity contribution in [3.8, 4) is 17.3 Å². The minimum Gasteiger partial charge on any atom is -0.481 e. The molecule has 0 bridgehead atoms. The molecule has 0 atom stereocenters. The van der Waals surface area contributed by atoms with E-state index in [2.05, 4.69) is 15.0 Å². The van der Waals surface area contributed by atoms with Crippen molar-refractivity contribution in [2.45, 2.75) is 6.92 Å². The van der Waals surface area contributed by atoms with Crippen LogP contribution in [-0.4, -0.2) is 22.1 Å². The summed E-state index contributed by atoms with van der Waals surface area (Å²) in [5.41, 5.74) is 1.64. The predicted octanol–water partition coefficient (Wildman–Crippen LogP) is 3.22. The van der Waals surface area contributed by atoms with Crippen LogP contribution in [-0.2, 0) is 0 Å². The van der Waals surface area contributed by atoms with Gasteiger partial charge >= 0.3 is 0 Å². The largest absolute Gasteiger partial charge is 0.481 e. The normalized spacial score (nSPS) is 11.0. The molecule has 0 aliphatic carbocycles. The Balaban J connectivity index is 2.17. The molecule has 0 saturated heterocycles. The number of ether oxygens (including phenoxy) is 1. The number of aromatic nitrogens is 3. The van der Waals surface area contributed by atoms with Crippen molar-refractivity contribution in [2.24, 2.45) is 0 Å². The lowest BCUT2D eigenvalue weighted by molar-refractivity contribution is 0.399. The summed E-state index contributed by atoms with van der Waals surface area (Å²) in [4.78, 5) is 11.3. The third-order valence-corrected chi connectivity index (χ3v) is 3.03. The van der Waals surface area contributed by atoms with Crippen molar-refractivity contribution in [3.05, 3.63) is 41.5 Å². The maximum atomic E-state index is 13.8. The zero-order chi connectivity index (χ0) is 14.3. The lowest BCUT2D eigenvalue weighted by atomic mass is 10.1. The summed E-state index contributed by atoms with van der Waals surface area (Å²) >= 11 is 0. The Bertz CT molecular complexity index is 798. The number of imidazole rings is 1. The molecule has 0 aliphatic heterocycles. The van der Waals surface area contributed by atoms with Gasteiger partial charge in [-0.2, -0.15) is 4.98 Å². The molecule has 0 aliphatic rings. The monoisotopic (exact) mass is 275 g/mol. The van der Waals surface area contributed by atoms with Crippen molar-refractivity contribution < 1.29 is 13.5 Å².